The molecule has 1 aromatic carbocycles. The van der Waals surface area contributed by atoms with Crippen molar-refractivity contribution in [1.29, 1.82) is 5.26 Å². The highest BCUT2D eigenvalue weighted by Gasteiger charge is 2.17. The maximum absolute atomic E-state index is 8.87. The first kappa shape index (κ1) is 13.2. The highest BCUT2D eigenvalue weighted by Crippen LogP contribution is 2.23. The summed E-state index contributed by atoms with van der Waals surface area (Å²) in [5.41, 5.74) is 1.30. The van der Waals surface area contributed by atoms with E-state index in [0.717, 1.165) is 18.4 Å². The molecule has 19 heavy (non-hydrogen) atoms. The summed E-state index contributed by atoms with van der Waals surface area (Å²) in [5.74, 6) is 0.951. The van der Waals surface area contributed by atoms with Gasteiger partial charge in [0, 0.05) is 12.7 Å². The van der Waals surface area contributed by atoms with Crippen LogP contribution in [-0.2, 0) is 4.74 Å². The van der Waals surface area contributed by atoms with Crippen LogP contribution in [0.4, 0.5) is 0 Å². The molecule has 0 spiro atoms. The molecule has 5 heteroatoms. The summed E-state index contributed by atoms with van der Waals surface area (Å²) in [6.07, 6.45) is 1.67. The van der Waals surface area contributed by atoms with Gasteiger partial charge in [-0.15, -0.1) is 0 Å². The van der Waals surface area contributed by atoms with Gasteiger partial charge in [-0.1, -0.05) is 24.6 Å². The van der Waals surface area contributed by atoms with E-state index in [4.69, 9.17) is 14.5 Å². The molecule has 0 aliphatic carbocycles. The number of hydrogen-bond donors (Lipinski definition) is 0. The first-order valence-corrected chi connectivity index (χ1v) is 6.15. The molecule has 0 aliphatic rings. The first-order chi connectivity index (χ1) is 9.28. The minimum atomic E-state index is -0.151. The Morgan fingerprint density at radius 3 is 3.00 bits per heavy atom. The number of hydrogen-bond acceptors (Lipinski definition) is 5. The van der Waals surface area contributed by atoms with Crippen LogP contribution in [0.2, 0.25) is 0 Å². The summed E-state index contributed by atoms with van der Waals surface area (Å²) in [6.45, 7) is 2.07. The lowest BCUT2D eigenvalue weighted by molar-refractivity contribution is 0.0854. The van der Waals surface area contributed by atoms with Crippen molar-refractivity contribution in [3.63, 3.8) is 0 Å². The van der Waals surface area contributed by atoms with Crippen molar-refractivity contribution in [2.75, 3.05) is 7.11 Å². The maximum atomic E-state index is 8.87. The van der Waals surface area contributed by atoms with Gasteiger partial charge >= 0.3 is 0 Å². The van der Waals surface area contributed by atoms with Gasteiger partial charge in [0.2, 0.25) is 5.82 Å². The molecule has 0 aliphatic heterocycles. The van der Waals surface area contributed by atoms with Crippen LogP contribution < -0.4 is 0 Å². The molecule has 98 valence electrons. The number of rotatable bonds is 5. The molecular weight excluding hydrogens is 242 g/mol. The number of aromatic nitrogens is 2. The van der Waals surface area contributed by atoms with Crippen molar-refractivity contribution < 1.29 is 9.26 Å². The monoisotopic (exact) mass is 257 g/mol. The summed E-state index contributed by atoms with van der Waals surface area (Å²) < 4.78 is 10.6. The standard InChI is InChI=1S/C14H15N3O2/c1-3-5-12(18-2)13-16-14(19-17-13)11-7-4-6-10(8-11)9-15/h4,6-8,12H,3,5H2,1-2H3. The smallest absolute Gasteiger partial charge is 0.258 e. The third-order valence-electron chi connectivity index (χ3n) is 2.80. The lowest BCUT2D eigenvalue weighted by Gasteiger charge is -2.08. The predicted octanol–water partition coefficient (Wildman–Crippen LogP) is 3.10. The largest absolute Gasteiger partial charge is 0.373 e. The Balaban J connectivity index is 2.27. The van der Waals surface area contributed by atoms with Crippen molar-refractivity contribution >= 4 is 0 Å². The highest BCUT2D eigenvalue weighted by molar-refractivity contribution is 5.55. The van der Waals surface area contributed by atoms with Crippen LogP contribution in [0.1, 0.15) is 37.3 Å². The molecule has 1 atom stereocenters. The van der Waals surface area contributed by atoms with E-state index in [-0.39, 0.29) is 6.10 Å². The number of methoxy groups -OCH3 is 1. The van der Waals surface area contributed by atoms with Gasteiger partial charge in [-0.2, -0.15) is 10.2 Å². The fourth-order valence-corrected chi connectivity index (χ4v) is 1.82. The van der Waals surface area contributed by atoms with Gasteiger partial charge in [0.05, 0.1) is 11.6 Å². The molecule has 0 saturated heterocycles. The summed E-state index contributed by atoms with van der Waals surface area (Å²) in [4.78, 5) is 4.33. The van der Waals surface area contributed by atoms with Crippen LogP contribution in [0.5, 0.6) is 0 Å². The zero-order valence-corrected chi connectivity index (χ0v) is 11.0. The molecule has 0 bridgehead atoms. The normalized spacial score (nSPS) is 12.1. The van der Waals surface area contributed by atoms with Gasteiger partial charge in [-0.05, 0) is 24.6 Å². The van der Waals surface area contributed by atoms with Crippen LogP contribution in [-0.4, -0.2) is 17.3 Å². The molecule has 0 fully saturated rings. The Hall–Kier alpha value is -2.19. The van der Waals surface area contributed by atoms with Crippen molar-refractivity contribution in [3.8, 4) is 17.5 Å². The van der Waals surface area contributed by atoms with Gasteiger partial charge in [0.1, 0.15) is 6.10 Å². The molecule has 5 nitrogen and oxygen atoms in total. The van der Waals surface area contributed by atoms with Gasteiger partial charge in [-0.3, -0.25) is 0 Å². The van der Waals surface area contributed by atoms with Crippen molar-refractivity contribution in [3.05, 3.63) is 35.7 Å². The molecule has 0 N–H and O–H groups in total. The van der Waals surface area contributed by atoms with E-state index in [1.54, 1.807) is 25.3 Å². The average molecular weight is 257 g/mol. The van der Waals surface area contributed by atoms with Crippen LogP contribution in [0, 0.1) is 11.3 Å². The van der Waals surface area contributed by atoms with Crippen LogP contribution in [0.15, 0.2) is 28.8 Å². The Labute approximate surface area is 111 Å². The first-order valence-electron chi connectivity index (χ1n) is 6.15. The zero-order valence-electron chi connectivity index (χ0n) is 11.0. The maximum Gasteiger partial charge on any atom is 0.258 e. The van der Waals surface area contributed by atoms with E-state index in [1.807, 2.05) is 6.07 Å². The second-order valence-corrected chi connectivity index (χ2v) is 4.16. The van der Waals surface area contributed by atoms with Crippen LogP contribution >= 0.6 is 0 Å². The Bertz CT molecular complexity index is 586. The third-order valence-corrected chi connectivity index (χ3v) is 2.80. The summed E-state index contributed by atoms with van der Waals surface area (Å²) in [6, 6.07) is 9.16. The number of benzene rings is 1. The van der Waals surface area contributed by atoms with E-state index in [9.17, 15) is 0 Å². The van der Waals surface area contributed by atoms with Gasteiger partial charge < -0.3 is 9.26 Å². The van der Waals surface area contributed by atoms with E-state index < -0.39 is 0 Å². The Morgan fingerprint density at radius 2 is 2.32 bits per heavy atom. The minimum Gasteiger partial charge on any atom is -0.373 e. The molecule has 1 aromatic heterocycles. The van der Waals surface area contributed by atoms with E-state index in [0.29, 0.717) is 17.3 Å². The molecule has 0 amide bonds. The molecular formula is C14H15N3O2. The van der Waals surface area contributed by atoms with Gasteiger partial charge in [0.15, 0.2) is 0 Å². The molecule has 2 aromatic rings. The second-order valence-electron chi connectivity index (χ2n) is 4.16. The fourth-order valence-electron chi connectivity index (χ4n) is 1.82. The van der Waals surface area contributed by atoms with E-state index in [1.165, 1.54) is 0 Å². The molecule has 2 rings (SSSR count). The summed E-state index contributed by atoms with van der Waals surface area (Å²) >= 11 is 0. The number of nitrogens with zero attached hydrogens (tertiary/aromatic N) is 3. The SMILES string of the molecule is CCCC(OC)c1noc(-c2cccc(C#N)c2)n1. The lowest BCUT2D eigenvalue weighted by atomic mass is 10.1. The Morgan fingerprint density at radius 1 is 1.47 bits per heavy atom. The van der Waals surface area contributed by atoms with Crippen LogP contribution in [0.25, 0.3) is 11.5 Å². The summed E-state index contributed by atoms with van der Waals surface area (Å²) in [5, 5.41) is 12.8. The number of ether oxygens (including phenoxy) is 1. The van der Waals surface area contributed by atoms with E-state index >= 15 is 0 Å². The topological polar surface area (TPSA) is 71.9 Å². The highest BCUT2D eigenvalue weighted by atomic mass is 16.5. The van der Waals surface area contributed by atoms with Crippen molar-refractivity contribution in [2.45, 2.75) is 25.9 Å². The average Bonchev–Trinajstić information content (AvgIpc) is 2.94. The molecule has 1 unspecified atom stereocenters. The molecule has 0 radical (unpaired) electrons. The van der Waals surface area contributed by atoms with Crippen molar-refractivity contribution in [1.82, 2.24) is 10.1 Å². The third kappa shape index (κ3) is 2.98. The molecule has 0 saturated carbocycles. The lowest BCUT2D eigenvalue weighted by Crippen LogP contribution is -2.03. The van der Waals surface area contributed by atoms with E-state index in [2.05, 4.69) is 23.1 Å². The van der Waals surface area contributed by atoms with Crippen molar-refractivity contribution in [2.24, 2.45) is 0 Å². The quantitative estimate of drug-likeness (QED) is 0.823. The zero-order chi connectivity index (χ0) is 13.7. The predicted molar refractivity (Wildman–Crippen MR) is 69.1 cm³/mol. The van der Waals surface area contributed by atoms with Crippen LogP contribution in [0.3, 0.4) is 0 Å². The number of nitriles is 1. The summed E-state index contributed by atoms with van der Waals surface area (Å²) in [7, 11) is 1.63. The van der Waals surface area contributed by atoms with Gasteiger partial charge in [-0.25, -0.2) is 0 Å². The fraction of sp³-hybridized carbons (Fsp3) is 0.357. The minimum absolute atomic E-state index is 0.151. The van der Waals surface area contributed by atoms with Gasteiger partial charge in [0.25, 0.3) is 5.89 Å². The second kappa shape index (κ2) is 6.12. The Kier molecular flexibility index (Phi) is 4.26. The molecule has 1 heterocycles.